The first-order valence-corrected chi connectivity index (χ1v) is 8.19. The van der Waals surface area contributed by atoms with Gasteiger partial charge in [-0.15, -0.1) is 0 Å². The van der Waals surface area contributed by atoms with Crippen molar-refractivity contribution in [1.29, 1.82) is 0 Å². The molecule has 3 heteroatoms. The summed E-state index contributed by atoms with van der Waals surface area (Å²) in [6.07, 6.45) is 6.83. The summed E-state index contributed by atoms with van der Waals surface area (Å²) in [5.41, 5.74) is 2.28. The normalized spacial score (nSPS) is 24.9. The summed E-state index contributed by atoms with van der Waals surface area (Å²) in [6, 6.07) is 3.28. The predicted octanol–water partition coefficient (Wildman–Crippen LogP) is 5.31. The second-order valence-electron chi connectivity index (χ2n) is 6.10. The molecule has 3 rings (SSSR count). The van der Waals surface area contributed by atoms with Gasteiger partial charge in [-0.05, 0) is 45.5 Å². The van der Waals surface area contributed by atoms with E-state index in [2.05, 4.69) is 28.2 Å². The lowest BCUT2D eigenvalue weighted by Crippen LogP contribution is -2.23. The average Bonchev–Trinajstić information content (AvgIpc) is 2.83. The van der Waals surface area contributed by atoms with E-state index in [9.17, 15) is 4.39 Å². The molecule has 0 saturated heterocycles. The van der Waals surface area contributed by atoms with Crippen LogP contribution in [-0.4, -0.2) is 6.54 Å². The van der Waals surface area contributed by atoms with Gasteiger partial charge in [0.25, 0.3) is 0 Å². The Morgan fingerprint density at radius 3 is 2.74 bits per heavy atom. The number of hydrogen-bond donors (Lipinski definition) is 1. The summed E-state index contributed by atoms with van der Waals surface area (Å²) < 4.78 is 14.5. The van der Waals surface area contributed by atoms with Crippen LogP contribution in [0.4, 0.5) is 10.1 Å². The Bertz CT molecular complexity index is 468. The van der Waals surface area contributed by atoms with Crippen molar-refractivity contribution in [3.63, 3.8) is 0 Å². The fourth-order valence-corrected chi connectivity index (χ4v) is 4.44. The van der Waals surface area contributed by atoms with Gasteiger partial charge in [0.05, 0.1) is 5.69 Å². The molecule has 0 aromatic heterocycles. The summed E-state index contributed by atoms with van der Waals surface area (Å²) in [6.45, 7) is 3.31. The van der Waals surface area contributed by atoms with Crippen LogP contribution in [0.1, 0.15) is 50.5 Å². The molecule has 1 aromatic carbocycles. The molecule has 1 aliphatic carbocycles. The summed E-state index contributed by atoms with van der Waals surface area (Å²) in [5, 5.41) is 3.45. The topological polar surface area (TPSA) is 12.0 Å². The second kappa shape index (κ2) is 5.43. The molecule has 1 nitrogen and oxygen atoms in total. The van der Waals surface area contributed by atoms with Gasteiger partial charge in [-0.2, -0.15) is 0 Å². The lowest BCUT2D eigenvalue weighted by molar-refractivity contribution is 0.238. The molecule has 0 amide bonds. The van der Waals surface area contributed by atoms with Crippen molar-refractivity contribution in [1.82, 2.24) is 0 Å². The van der Waals surface area contributed by atoms with Crippen molar-refractivity contribution in [2.75, 3.05) is 11.9 Å². The standard InChI is InChI=1S/C16H21BrFN/c1-10(11-5-3-2-4-6-11)14-9-19-16-13(14)7-12(18)8-15(16)17/h7-8,10-11,14,19H,2-6,9H2,1H3. The van der Waals surface area contributed by atoms with Crippen molar-refractivity contribution in [2.45, 2.75) is 44.9 Å². The van der Waals surface area contributed by atoms with E-state index in [0.29, 0.717) is 11.8 Å². The Kier molecular flexibility index (Phi) is 3.84. The molecule has 1 saturated carbocycles. The Morgan fingerprint density at radius 1 is 1.26 bits per heavy atom. The van der Waals surface area contributed by atoms with E-state index in [-0.39, 0.29) is 5.82 Å². The third-order valence-electron chi connectivity index (χ3n) is 5.01. The quantitative estimate of drug-likeness (QED) is 0.776. The Morgan fingerprint density at radius 2 is 2.00 bits per heavy atom. The van der Waals surface area contributed by atoms with Gasteiger partial charge in [-0.25, -0.2) is 4.39 Å². The number of fused-ring (bicyclic) bond motifs is 1. The smallest absolute Gasteiger partial charge is 0.124 e. The predicted molar refractivity (Wildman–Crippen MR) is 81.1 cm³/mol. The first-order chi connectivity index (χ1) is 9.16. The third-order valence-corrected chi connectivity index (χ3v) is 5.64. The van der Waals surface area contributed by atoms with Crippen LogP contribution in [-0.2, 0) is 0 Å². The minimum Gasteiger partial charge on any atom is -0.383 e. The molecule has 1 fully saturated rings. The minimum atomic E-state index is -0.129. The molecule has 0 bridgehead atoms. The largest absolute Gasteiger partial charge is 0.383 e. The highest BCUT2D eigenvalue weighted by Crippen LogP contribution is 2.45. The van der Waals surface area contributed by atoms with Gasteiger partial charge in [0.15, 0.2) is 0 Å². The number of anilines is 1. The van der Waals surface area contributed by atoms with Gasteiger partial charge in [-0.1, -0.05) is 39.0 Å². The van der Waals surface area contributed by atoms with Crippen LogP contribution < -0.4 is 5.32 Å². The number of hydrogen-bond acceptors (Lipinski definition) is 1. The maximum atomic E-state index is 13.6. The van der Waals surface area contributed by atoms with Crippen LogP contribution in [0, 0.1) is 17.7 Å². The highest BCUT2D eigenvalue weighted by atomic mass is 79.9. The lowest BCUT2D eigenvalue weighted by Gasteiger charge is -2.31. The van der Waals surface area contributed by atoms with E-state index < -0.39 is 0 Å². The van der Waals surface area contributed by atoms with Gasteiger partial charge in [0.2, 0.25) is 0 Å². The Labute approximate surface area is 123 Å². The second-order valence-corrected chi connectivity index (χ2v) is 6.95. The molecule has 19 heavy (non-hydrogen) atoms. The fourth-order valence-electron chi connectivity index (χ4n) is 3.85. The number of halogens is 2. The van der Waals surface area contributed by atoms with E-state index in [0.717, 1.165) is 22.6 Å². The molecular weight excluding hydrogens is 305 g/mol. The molecule has 2 unspecified atom stereocenters. The first kappa shape index (κ1) is 13.4. The molecule has 1 aromatic rings. The highest BCUT2D eigenvalue weighted by molar-refractivity contribution is 9.10. The van der Waals surface area contributed by atoms with Crippen LogP contribution in [0.3, 0.4) is 0 Å². The van der Waals surface area contributed by atoms with E-state index in [1.54, 1.807) is 12.1 Å². The molecule has 0 spiro atoms. The maximum absolute atomic E-state index is 13.6. The molecule has 2 aliphatic rings. The minimum absolute atomic E-state index is 0.129. The third kappa shape index (κ3) is 2.54. The number of benzene rings is 1. The van der Waals surface area contributed by atoms with Crippen molar-refractivity contribution >= 4 is 21.6 Å². The van der Waals surface area contributed by atoms with E-state index in [1.165, 1.54) is 37.7 Å². The molecule has 1 heterocycles. The lowest BCUT2D eigenvalue weighted by atomic mass is 9.73. The van der Waals surface area contributed by atoms with Crippen LogP contribution in [0.25, 0.3) is 0 Å². The average molecular weight is 326 g/mol. The Hall–Kier alpha value is -0.570. The highest BCUT2D eigenvalue weighted by Gasteiger charge is 2.33. The SMILES string of the molecule is CC(C1CCCCC1)C1CNc2c(Br)cc(F)cc21. The fraction of sp³-hybridized carbons (Fsp3) is 0.625. The zero-order valence-electron chi connectivity index (χ0n) is 11.4. The van der Waals surface area contributed by atoms with E-state index in [4.69, 9.17) is 0 Å². The number of rotatable bonds is 2. The van der Waals surface area contributed by atoms with Gasteiger partial charge in [-0.3, -0.25) is 0 Å². The van der Waals surface area contributed by atoms with Gasteiger partial charge < -0.3 is 5.32 Å². The van der Waals surface area contributed by atoms with Crippen LogP contribution >= 0.6 is 15.9 Å². The van der Waals surface area contributed by atoms with Crippen LogP contribution in [0.15, 0.2) is 16.6 Å². The Balaban J connectivity index is 1.85. The molecule has 2 atom stereocenters. The van der Waals surface area contributed by atoms with Gasteiger partial charge >= 0.3 is 0 Å². The monoisotopic (exact) mass is 325 g/mol. The molecular formula is C16H21BrFN. The number of nitrogens with one attached hydrogen (secondary N) is 1. The summed E-state index contributed by atoms with van der Waals surface area (Å²) in [4.78, 5) is 0. The van der Waals surface area contributed by atoms with Gasteiger partial charge in [0.1, 0.15) is 5.82 Å². The molecule has 104 valence electrons. The zero-order chi connectivity index (χ0) is 13.4. The van der Waals surface area contributed by atoms with E-state index in [1.807, 2.05) is 0 Å². The zero-order valence-corrected chi connectivity index (χ0v) is 13.0. The van der Waals surface area contributed by atoms with Crippen molar-refractivity contribution in [3.8, 4) is 0 Å². The maximum Gasteiger partial charge on any atom is 0.124 e. The van der Waals surface area contributed by atoms with E-state index >= 15 is 0 Å². The molecule has 1 aliphatic heterocycles. The van der Waals surface area contributed by atoms with Gasteiger partial charge in [0, 0.05) is 16.9 Å². The summed E-state index contributed by atoms with van der Waals surface area (Å²) in [7, 11) is 0. The molecule has 1 N–H and O–H groups in total. The van der Waals surface area contributed by atoms with Crippen molar-refractivity contribution in [2.24, 2.45) is 11.8 Å². The first-order valence-electron chi connectivity index (χ1n) is 7.39. The summed E-state index contributed by atoms with van der Waals surface area (Å²) >= 11 is 3.47. The van der Waals surface area contributed by atoms with Crippen LogP contribution in [0.5, 0.6) is 0 Å². The van der Waals surface area contributed by atoms with Crippen LogP contribution in [0.2, 0.25) is 0 Å². The summed E-state index contributed by atoms with van der Waals surface area (Å²) in [5.74, 6) is 1.79. The molecule has 0 radical (unpaired) electrons. The van der Waals surface area contributed by atoms with Crippen molar-refractivity contribution < 1.29 is 4.39 Å². The van der Waals surface area contributed by atoms with Crippen molar-refractivity contribution in [3.05, 3.63) is 28.0 Å².